The predicted octanol–water partition coefficient (Wildman–Crippen LogP) is 0.625. The molecule has 74 valence electrons. The molecule has 0 spiro atoms. The van der Waals surface area contributed by atoms with Crippen molar-refractivity contribution in [3.63, 3.8) is 0 Å². The minimum Gasteiger partial charge on any atom is -0.341 e. The number of carbonyl (C=O) groups is 2. The first-order valence-electron chi connectivity index (χ1n) is 4.62. The number of amides is 2. The number of aldehydes is 1. The van der Waals surface area contributed by atoms with Crippen LogP contribution in [0.3, 0.4) is 0 Å². The maximum Gasteiger partial charge on any atom is 0.317 e. The lowest BCUT2D eigenvalue weighted by atomic mass is 9.95. The average molecular weight is 184 g/mol. The number of carbonyl (C=O) groups excluding carboxylic acids is 2. The molecule has 1 aliphatic rings. The number of rotatable bonds is 1. The highest BCUT2D eigenvalue weighted by molar-refractivity contribution is 5.78. The van der Waals surface area contributed by atoms with Crippen molar-refractivity contribution in [3.05, 3.63) is 0 Å². The molecule has 1 fully saturated rings. The molecule has 4 nitrogen and oxygen atoms in total. The summed E-state index contributed by atoms with van der Waals surface area (Å²) >= 11 is 0. The highest BCUT2D eigenvalue weighted by atomic mass is 16.2. The number of piperidine rings is 1. The van der Waals surface area contributed by atoms with E-state index in [0.717, 1.165) is 19.1 Å². The van der Waals surface area contributed by atoms with Gasteiger partial charge in [-0.15, -0.1) is 0 Å². The van der Waals surface area contributed by atoms with Gasteiger partial charge in [0, 0.05) is 13.6 Å². The number of likely N-dealkylation sites (tertiary alicyclic amines) is 1. The van der Waals surface area contributed by atoms with E-state index in [0.29, 0.717) is 12.5 Å². The van der Waals surface area contributed by atoms with Gasteiger partial charge >= 0.3 is 6.03 Å². The highest BCUT2D eigenvalue weighted by Crippen LogP contribution is 2.20. The summed E-state index contributed by atoms with van der Waals surface area (Å²) in [6, 6.07) is -0.375. The minimum absolute atomic E-state index is 0.149. The van der Waals surface area contributed by atoms with Gasteiger partial charge in [-0.25, -0.2) is 4.79 Å². The van der Waals surface area contributed by atoms with Gasteiger partial charge < -0.3 is 15.0 Å². The van der Waals surface area contributed by atoms with Crippen molar-refractivity contribution in [3.8, 4) is 0 Å². The summed E-state index contributed by atoms with van der Waals surface area (Å²) in [7, 11) is 1.59. The Labute approximate surface area is 78.3 Å². The largest absolute Gasteiger partial charge is 0.341 e. The van der Waals surface area contributed by atoms with Crippen molar-refractivity contribution in [2.24, 2.45) is 5.92 Å². The molecule has 0 aliphatic carbocycles. The summed E-state index contributed by atoms with van der Waals surface area (Å²) in [6.07, 6.45) is 2.68. The van der Waals surface area contributed by atoms with Crippen LogP contribution in [0.15, 0.2) is 0 Å². The van der Waals surface area contributed by atoms with Gasteiger partial charge in [-0.2, -0.15) is 0 Å². The van der Waals surface area contributed by atoms with E-state index in [1.54, 1.807) is 11.9 Å². The molecule has 1 rings (SSSR count). The standard InChI is InChI=1S/C9H16N2O2/c1-7-3-4-8(6-12)11(5-7)9(13)10-2/h6-8H,3-5H2,1-2H3,(H,10,13). The van der Waals surface area contributed by atoms with Crippen molar-refractivity contribution in [2.45, 2.75) is 25.8 Å². The topological polar surface area (TPSA) is 49.4 Å². The van der Waals surface area contributed by atoms with Gasteiger partial charge in [0.25, 0.3) is 0 Å². The van der Waals surface area contributed by atoms with Gasteiger partial charge in [-0.1, -0.05) is 6.92 Å². The lowest BCUT2D eigenvalue weighted by Gasteiger charge is -2.35. The summed E-state index contributed by atoms with van der Waals surface area (Å²) in [6.45, 7) is 2.78. The van der Waals surface area contributed by atoms with Gasteiger partial charge in [0.2, 0.25) is 0 Å². The Morgan fingerprint density at radius 1 is 1.54 bits per heavy atom. The van der Waals surface area contributed by atoms with Crippen molar-refractivity contribution >= 4 is 12.3 Å². The van der Waals surface area contributed by atoms with Crippen LogP contribution in [0, 0.1) is 5.92 Å². The quantitative estimate of drug-likeness (QED) is 0.607. The summed E-state index contributed by atoms with van der Waals surface area (Å²) < 4.78 is 0. The van der Waals surface area contributed by atoms with Gasteiger partial charge in [-0.05, 0) is 18.8 Å². The Kier molecular flexibility index (Phi) is 3.28. The number of nitrogens with one attached hydrogen (secondary N) is 1. The SMILES string of the molecule is CNC(=O)N1CC(C)CCC1C=O. The first kappa shape index (κ1) is 10.0. The fourth-order valence-electron chi connectivity index (χ4n) is 1.69. The lowest BCUT2D eigenvalue weighted by molar-refractivity contribution is -0.112. The molecule has 2 amide bonds. The number of hydrogen-bond donors (Lipinski definition) is 1. The second-order valence-electron chi connectivity index (χ2n) is 3.59. The Bertz CT molecular complexity index is 206. The molecule has 1 aliphatic heterocycles. The van der Waals surface area contributed by atoms with Crippen LogP contribution in [0.25, 0.3) is 0 Å². The zero-order valence-electron chi connectivity index (χ0n) is 8.12. The van der Waals surface area contributed by atoms with Crippen LogP contribution in [0.5, 0.6) is 0 Å². The average Bonchev–Trinajstić information content (AvgIpc) is 2.16. The summed E-state index contributed by atoms with van der Waals surface area (Å²) in [5.74, 6) is 0.494. The zero-order chi connectivity index (χ0) is 9.84. The van der Waals surface area contributed by atoms with E-state index in [2.05, 4.69) is 12.2 Å². The lowest BCUT2D eigenvalue weighted by Crippen LogP contribution is -2.50. The monoisotopic (exact) mass is 184 g/mol. The van der Waals surface area contributed by atoms with Crippen molar-refractivity contribution in [1.29, 1.82) is 0 Å². The molecule has 0 bridgehead atoms. The molecule has 1 saturated heterocycles. The summed E-state index contributed by atoms with van der Waals surface area (Å²) in [4.78, 5) is 23.6. The molecule has 0 aromatic rings. The number of urea groups is 1. The van der Waals surface area contributed by atoms with Crippen LogP contribution in [-0.4, -0.2) is 36.9 Å². The minimum atomic E-state index is -0.226. The Balaban J connectivity index is 2.64. The van der Waals surface area contributed by atoms with Crippen LogP contribution >= 0.6 is 0 Å². The van der Waals surface area contributed by atoms with E-state index in [4.69, 9.17) is 0 Å². The smallest absolute Gasteiger partial charge is 0.317 e. The van der Waals surface area contributed by atoms with Crippen LogP contribution in [-0.2, 0) is 4.79 Å². The van der Waals surface area contributed by atoms with E-state index in [-0.39, 0.29) is 12.1 Å². The van der Waals surface area contributed by atoms with Crippen molar-refractivity contribution in [1.82, 2.24) is 10.2 Å². The van der Waals surface area contributed by atoms with E-state index < -0.39 is 0 Å². The first-order valence-corrected chi connectivity index (χ1v) is 4.62. The third-order valence-corrected chi connectivity index (χ3v) is 2.50. The van der Waals surface area contributed by atoms with Gasteiger partial charge in [-0.3, -0.25) is 0 Å². The second-order valence-corrected chi connectivity index (χ2v) is 3.59. The Hall–Kier alpha value is -1.06. The van der Waals surface area contributed by atoms with E-state index in [9.17, 15) is 9.59 Å². The molecule has 0 aromatic heterocycles. The van der Waals surface area contributed by atoms with Crippen LogP contribution in [0.1, 0.15) is 19.8 Å². The molecule has 2 atom stereocenters. The van der Waals surface area contributed by atoms with Crippen LogP contribution in [0.2, 0.25) is 0 Å². The van der Waals surface area contributed by atoms with Gasteiger partial charge in [0.05, 0.1) is 6.04 Å². The predicted molar refractivity (Wildman–Crippen MR) is 49.4 cm³/mol. The summed E-state index contributed by atoms with van der Waals surface area (Å²) in [5.41, 5.74) is 0. The fraction of sp³-hybridized carbons (Fsp3) is 0.778. The zero-order valence-corrected chi connectivity index (χ0v) is 8.12. The molecule has 4 heteroatoms. The molecule has 0 aromatic carbocycles. The Morgan fingerprint density at radius 2 is 2.23 bits per heavy atom. The summed E-state index contributed by atoms with van der Waals surface area (Å²) in [5, 5.41) is 2.55. The van der Waals surface area contributed by atoms with Gasteiger partial charge in [0.1, 0.15) is 6.29 Å². The van der Waals surface area contributed by atoms with E-state index in [1.165, 1.54) is 0 Å². The molecule has 1 N–H and O–H groups in total. The Morgan fingerprint density at radius 3 is 2.77 bits per heavy atom. The molecular weight excluding hydrogens is 168 g/mol. The molecule has 13 heavy (non-hydrogen) atoms. The van der Waals surface area contributed by atoms with Crippen LogP contribution < -0.4 is 5.32 Å². The number of nitrogens with zero attached hydrogens (tertiary/aromatic N) is 1. The third kappa shape index (κ3) is 2.20. The normalized spacial score (nSPS) is 28.3. The second kappa shape index (κ2) is 4.25. The molecule has 2 unspecified atom stereocenters. The molecule has 1 heterocycles. The third-order valence-electron chi connectivity index (χ3n) is 2.50. The van der Waals surface area contributed by atoms with Crippen molar-refractivity contribution < 1.29 is 9.59 Å². The van der Waals surface area contributed by atoms with E-state index in [1.807, 2.05) is 0 Å². The maximum atomic E-state index is 11.3. The maximum absolute atomic E-state index is 11.3. The van der Waals surface area contributed by atoms with Crippen molar-refractivity contribution in [2.75, 3.05) is 13.6 Å². The number of hydrogen-bond acceptors (Lipinski definition) is 2. The van der Waals surface area contributed by atoms with E-state index >= 15 is 0 Å². The fourth-order valence-corrected chi connectivity index (χ4v) is 1.69. The molecule has 0 saturated carbocycles. The van der Waals surface area contributed by atoms with Gasteiger partial charge in [0.15, 0.2) is 0 Å². The molecule has 0 radical (unpaired) electrons. The van der Waals surface area contributed by atoms with Crippen LogP contribution in [0.4, 0.5) is 4.79 Å². The highest BCUT2D eigenvalue weighted by Gasteiger charge is 2.28. The molecular formula is C9H16N2O2. The first-order chi connectivity index (χ1) is 6.19.